The van der Waals surface area contributed by atoms with Crippen LogP contribution < -0.4 is 11.5 Å². The summed E-state index contributed by atoms with van der Waals surface area (Å²) in [6, 6.07) is 0. The number of carbonyl (C=O) groups is 2. The van der Waals surface area contributed by atoms with Crippen LogP contribution in [-0.4, -0.2) is 33.2 Å². The van der Waals surface area contributed by atoms with E-state index in [0.717, 1.165) is 38.5 Å². The molecule has 24 heavy (non-hydrogen) atoms. The number of hydrogen-bond acceptors (Lipinski definition) is 4. The second-order valence-electron chi connectivity index (χ2n) is 5.86. The fraction of sp³-hybridized carbons (Fsp3) is 0.778. The van der Waals surface area contributed by atoms with Crippen LogP contribution in [0, 0.1) is 0 Å². The minimum Gasteiger partial charge on any atom is -0.478 e. The second kappa shape index (κ2) is 15.1. The molecule has 0 bridgehead atoms. The van der Waals surface area contributed by atoms with Crippen LogP contribution >= 0.6 is 0 Å². The molecule has 0 aromatic heterocycles. The molecule has 6 N–H and O–H groups in total. The summed E-state index contributed by atoms with van der Waals surface area (Å²) in [6.45, 7) is 12.9. The highest BCUT2D eigenvalue weighted by molar-refractivity contribution is 5.89. The lowest BCUT2D eigenvalue weighted by atomic mass is 9.92. The first-order chi connectivity index (χ1) is 11.0. The van der Waals surface area contributed by atoms with Crippen molar-refractivity contribution in [3.63, 3.8) is 0 Å². The van der Waals surface area contributed by atoms with E-state index >= 15 is 0 Å². The van der Waals surface area contributed by atoms with Crippen molar-refractivity contribution in [2.45, 2.75) is 91.1 Å². The molecule has 6 nitrogen and oxygen atoms in total. The molecule has 0 saturated carbocycles. The molecule has 144 valence electrons. The van der Waals surface area contributed by atoms with Gasteiger partial charge in [0.1, 0.15) is 0 Å². The van der Waals surface area contributed by atoms with Crippen molar-refractivity contribution in [2.24, 2.45) is 11.5 Å². The molecule has 0 amide bonds. The molecule has 0 heterocycles. The van der Waals surface area contributed by atoms with Gasteiger partial charge in [-0.25, -0.2) is 9.59 Å². The number of carboxylic acids is 2. The van der Waals surface area contributed by atoms with Crippen molar-refractivity contribution in [1.82, 2.24) is 0 Å². The predicted molar refractivity (Wildman–Crippen MR) is 100.0 cm³/mol. The minimum absolute atomic E-state index is 0.125. The molecular formula is C18H38N2O4. The molecule has 6 heteroatoms. The van der Waals surface area contributed by atoms with Gasteiger partial charge in [-0.3, -0.25) is 0 Å². The minimum atomic E-state index is -1.26. The van der Waals surface area contributed by atoms with Gasteiger partial charge in [-0.1, -0.05) is 41.5 Å². The van der Waals surface area contributed by atoms with Crippen LogP contribution in [-0.2, 0) is 9.59 Å². The van der Waals surface area contributed by atoms with E-state index in [4.69, 9.17) is 21.7 Å². The Balaban J connectivity index is -0.000000276. The lowest BCUT2D eigenvalue weighted by Crippen LogP contribution is -2.37. The van der Waals surface area contributed by atoms with Crippen molar-refractivity contribution in [2.75, 3.05) is 0 Å². The third-order valence-corrected chi connectivity index (χ3v) is 4.59. The van der Waals surface area contributed by atoms with Gasteiger partial charge >= 0.3 is 11.9 Å². The number of aliphatic carboxylic acids is 2. The highest BCUT2D eigenvalue weighted by Gasteiger charge is 2.16. The van der Waals surface area contributed by atoms with Gasteiger partial charge in [-0.15, -0.1) is 0 Å². The van der Waals surface area contributed by atoms with Crippen molar-refractivity contribution in [3.8, 4) is 0 Å². The summed E-state index contributed by atoms with van der Waals surface area (Å²) in [6.07, 6.45) is 7.70. The molecule has 0 rings (SSSR count). The molecule has 0 spiro atoms. The van der Waals surface area contributed by atoms with E-state index in [2.05, 4.69) is 41.5 Å². The summed E-state index contributed by atoms with van der Waals surface area (Å²) in [4.78, 5) is 19.1. The molecule has 0 fully saturated rings. The molecular weight excluding hydrogens is 308 g/mol. The van der Waals surface area contributed by atoms with Crippen LogP contribution in [0.5, 0.6) is 0 Å². The molecule has 0 aliphatic heterocycles. The monoisotopic (exact) mass is 346 g/mol. The molecule has 0 aromatic carbocycles. The van der Waals surface area contributed by atoms with Gasteiger partial charge < -0.3 is 21.7 Å². The average Bonchev–Trinajstić information content (AvgIpc) is 2.59. The van der Waals surface area contributed by atoms with Gasteiger partial charge in [0.05, 0.1) is 0 Å². The van der Waals surface area contributed by atoms with Crippen LogP contribution in [0.2, 0.25) is 0 Å². The summed E-state index contributed by atoms with van der Waals surface area (Å²) < 4.78 is 0. The largest absolute Gasteiger partial charge is 0.478 e. The molecule has 0 aromatic rings. The average molecular weight is 347 g/mol. The maximum atomic E-state index is 9.55. The van der Waals surface area contributed by atoms with E-state index < -0.39 is 11.9 Å². The fourth-order valence-corrected chi connectivity index (χ4v) is 1.64. The quantitative estimate of drug-likeness (QED) is 0.498. The molecule has 0 unspecified atom stereocenters. The van der Waals surface area contributed by atoms with Gasteiger partial charge in [0, 0.05) is 23.2 Å². The normalized spacial score (nSPS) is 11.2. The number of rotatable bonds is 8. The van der Waals surface area contributed by atoms with Gasteiger partial charge in [-0.2, -0.15) is 0 Å². The van der Waals surface area contributed by atoms with Crippen molar-refractivity contribution < 1.29 is 19.8 Å². The summed E-state index contributed by atoms with van der Waals surface area (Å²) in [5.41, 5.74) is 12.0. The highest BCUT2D eigenvalue weighted by Crippen LogP contribution is 2.14. The zero-order chi connectivity index (χ0) is 19.8. The van der Waals surface area contributed by atoms with E-state index in [1.165, 1.54) is 0 Å². The van der Waals surface area contributed by atoms with Crippen molar-refractivity contribution >= 4 is 11.9 Å². The zero-order valence-corrected chi connectivity index (χ0v) is 16.3. The summed E-state index contributed by atoms with van der Waals surface area (Å²) in [7, 11) is 0. The Morgan fingerprint density at radius 1 is 0.667 bits per heavy atom. The van der Waals surface area contributed by atoms with E-state index in [-0.39, 0.29) is 11.1 Å². The smallest absolute Gasteiger partial charge is 0.328 e. The van der Waals surface area contributed by atoms with Gasteiger partial charge in [0.25, 0.3) is 0 Å². The van der Waals surface area contributed by atoms with Gasteiger partial charge in [0.2, 0.25) is 0 Å². The van der Waals surface area contributed by atoms with Crippen LogP contribution in [0.25, 0.3) is 0 Å². The maximum Gasteiger partial charge on any atom is 0.328 e. The molecule has 0 atom stereocenters. The fourth-order valence-electron chi connectivity index (χ4n) is 1.64. The second-order valence-corrected chi connectivity index (χ2v) is 5.86. The molecule has 0 saturated heterocycles. The zero-order valence-electron chi connectivity index (χ0n) is 16.3. The Morgan fingerprint density at radius 3 is 0.875 bits per heavy atom. The maximum absolute atomic E-state index is 9.55. The molecule has 0 radical (unpaired) electrons. The topological polar surface area (TPSA) is 127 Å². The Labute approximate surface area is 147 Å². The van der Waals surface area contributed by atoms with E-state index in [0.29, 0.717) is 12.2 Å². The van der Waals surface area contributed by atoms with Crippen LogP contribution in [0.1, 0.15) is 80.1 Å². The Bertz CT molecular complexity index is 310. The Hall–Kier alpha value is -1.40. The number of hydrogen-bond donors (Lipinski definition) is 4. The first-order valence-corrected chi connectivity index (χ1v) is 8.71. The first kappa shape index (κ1) is 27.4. The first-order valence-electron chi connectivity index (χ1n) is 8.71. The number of carboxylic acid groups (broad SMARTS) is 2. The Morgan fingerprint density at radius 2 is 0.833 bits per heavy atom. The molecule has 0 aliphatic carbocycles. The van der Waals surface area contributed by atoms with Crippen LogP contribution in [0.4, 0.5) is 0 Å². The van der Waals surface area contributed by atoms with E-state index in [1.807, 2.05) is 0 Å². The van der Waals surface area contributed by atoms with Gasteiger partial charge in [0.15, 0.2) is 0 Å². The van der Waals surface area contributed by atoms with Gasteiger partial charge in [-0.05, 0) is 38.5 Å². The standard InChI is InChI=1S/2C7H17N.C4H4O4/c2*1-4-7(8,5-2)6-3;5-3(6)1-2-4(7)8/h2*4-6,8H2,1-3H3;1-2H,(H,5,6)(H,7,8)/b;;2-1-. The predicted octanol–water partition coefficient (Wildman–Crippen LogP) is 3.54. The summed E-state index contributed by atoms with van der Waals surface area (Å²) in [5.74, 6) is -2.51. The lowest BCUT2D eigenvalue weighted by Gasteiger charge is -2.23. The van der Waals surface area contributed by atoms with E-state index in [9.17, 15) is 9.59 Å². The van der Waals surface area contributed by atoms with E-state index in [1.54, 1.807) is 0 Å². The molecule has 0 aliphatic rings. The summed E-state index contributed by atoms with van der Waals surface area (Å²) >= 11 is 0. The lowest BCUT2D eigenvalue weighted by molar-refractivity contribution is -0.134. The highest BCUT2D eigenvalue weighted by atomic mass is 16.4. The van der Waals surface area contributed by atoms with Crippen molar-refractivity contribution in [3.05, 3.63) is 12.2 Å². The third kappa shape index (κ3) is 17.0. The van der Waals surface area contributed by atoms with Crippen LogP contribution in [0.3, 0.4) is 0 Å². The van der Waals surface area contributed by atoms with Crippen LogP contribution in [0.15, 0.2) is 12.2 Å². The number of nitrogens with two attached hydrogens (primary N) is 2. The Kier molecular flexibility index (Phi) is 17.3. The summed E-state index contributed by atoms with van der Waals surface area (Å²) in [5, 5.41) is 15.6. The van der Waals surface area contributed by atoms with Crippen molar-refractivity contribution in [1.29, 1.82) is 0 Å². The SMILES string of the molecule is CCC(N)(CC)CC.CCC(N)(CC)CC.O=C(O)/C=C\C(=O)O. The third-order valence-electron chi connectivity index (χ3n) is 4.59.